The average Bonchev–Trinajstić information content (AvgIpc) is 3.41. The molecule has 4 rings (SSSR count). The minimum atomic E-state index is 0.00478. The summed E-state index contributed by atoms with van der Waals surface area (Å²) in [4.78, 5) is 16.8. The van der Waals surface area contributed by atoms with Crippen LogP contribution in [0, 0.1) is 0 Å². The topological polar surface area (TPSA) is 94.0 Å². The predicted octanol–water partition coefficient (Wildman–Crippen LogP) is 3.93. The molecular formula is C19H20N4O3S. The van der Waals surface area contributed by atoms with Crippen LogP contribution in [0.3, 0.4) is 0 Å². The molecular weight excluding hydrogens is 364 g/mol. The van der Waals surface area contributed by atoms with Gasteiger partial charge in [0.2, 0.25) is 11.1 Å². The molecule has 1 N–H and O–H groups in total. The van der Waals surface area contributed by atoms with E-state index < -0.39 is 0 Å². The Bertz CT molecular complexity index is 875. The normalized spacial score (nSPS) is 15.0. The van der Waals surface area contributed by atoms with E-state index in [4.69, 9.17) is 8.83 Å². The van der Waals surface area contributed by atoms with E-state index in [2.05, 4.69) is 20.5 Å². The zero-order valence-electron chi connectivity index (χ0n) is 14.8. The Hall–Kier alpha value is -2.61. The molecule has 0 radical (unpaired) electrons. The van der Waals surface area contributed by atoms with Crippen LogP contribution in [0.25, 0.3) is 22.9 Å². The van der Waals surface area contributed by atoms with Gasteiger partial charge in [-0.05, 0) is 37.1 Å². The first-order chi connectivity index (χ1) is 13.3. The van der Waals surface area contributed by atoms with E-state index in [0.29, 0.717) is 34.1 Å². The van der Waals surface area contributed by atoms with Gasteiger partial charge in [0, 0.05) is 6.04 Å². The predicted molar refractivity (Wildman–Crippen MR) is 101 cm³/mol. The lowest BCUT2D eigenvalue weighted by Crippen LogP contribution is -2.37. The van der Waals surface area contributed by atoms with Gasteiger partial charge in [0.05, 0.1) is 18.3 Å². The van der Waals surface area contributed by atoms with Crippen molar-refractivity contribution in [2.24, 2.45) is 0 Å². The highest BCUT2D eigenvalue weighted by Gasteiger charge is 2.19. The summed E-state index contributed by atoms with van der Waals surface area (Å²) in [7, 11) is 0. The molecule has 8 heteroatoms. The Morgan fingerprint density at radius 1 is 1.04 bits per heavy atom. The van der Waals surface area contributed by atoms with Crippen molar-refractivity contribution in [1.82, 2.24) is 20.5 Å². The molecule has 0 aliphatic heterocycles. The van der Waals surface area contributed by atoms with Crippen molar-refractivity contribution in [3.8, 4) is 22.9 Å². The van der Waals surface area contributed by atoms with Crippen molar-refractivity contribution >= 4 is 17.7 Å². The van der Waals surface area contributed by atoms with E-state index in [1.165, 1.54) is 31.0 Å². The van der Waals surface area contributed by atoms with Crippen LogP contribution in [0.15, 0.2) is 50.8 Å². The number of nitrogens with one attached hydrogen (secondary N) is 1. The second-order valence-corrected chi connectivity index (χ2v) is 7.38. The number of nitrogens with zero attached hydrogens (tertiary/aromatic N) is 3. The second-order valence-electron chi connectivity index (χ2n) is 6.44. The lowest BCUT2D eigenvalue weighted by Gasteiger charge is -2.22. The molecule has 3 aromatic heterocycles. The number of carbonyl (C=O) groups excluding carboxylic acids is 1. The Labute approximate surface area is 161 Å². The molecule has 7 nitrogen and oxygen atoms in total. The van der Waals surface area contributed by atoms with Gasteiger partial charge in [0.15, 0.2) is 17.2 Å². The summed E-state index contributed by atoms with van der Waals surface area (Å²) in [6.07, 6.45) is 8.91. The fraction of sp³-hybridized carbons (Fsp3) is 0.368. The van der Waals surface area contributed by atoms with Crippen LogP contribution in [-0.2, 0) is 4.79 Å². The molecule has 0 saturated heterocycles. The number of hydrogen-bond donors (Lipinski definition) is 1. The van der Waals surface area contributed by atoms with Gasteiger partial charge >= 0.3 is 0 Å². The molecule has 0 atom stereocenters. The largest absolute Gasteiger partial charge is 0.463 e. The van der Waals surface area contributed by atoms with Crippen molar-refractivity contribution in [2.75, 3.05) is 5.75 Å². The molecule has 1 aliphatic rings. The summed E-state index contributed by atoms with van der Waals surface area (Å²) in [5, 5.41) is 11.9. The maximum atomic E-state index is 12.2. The van der Waals surface area contributed by atoms with Crippen molar-refractivity contribution in [1.29, 1.82) is 0 Å². The minimum absolute atomic E-state index is 0.00478. The minimum Gasteiger partial charge on any atom is -0.463 e. The van der Waals surface area contributed by atoms with Crippen LogP contribution < -0.4 is 5.32 Å². The van der Waals surface area contributed by atoms with E-state index in [-0.39, 0.29) is 11.7 Å². The van der Waals surface area contributed by atoms with Gasteiger partial charge < -0.3 is 14.2 Å². The third-order valence-corrected chi connectivity index (χ3v) is 5.32. The van der Waals surface area contributed by atoms with Crippen LogP contribution in [0.5, 0.6) is 0 Å². The first-order valence-electron chi connectivity index (χ1n) is 9.04. The highest BCUT2D eigenvalue weighted by atomic mass is 32.2. The van der Waals surface area contributed by atoms with E-state index in [1.807, 2.05) is 0 Å². The SMILES string of the molecule is O=C(CSc1nnc(-c2ccco2)c(-c2ccco2)n1)NC1CCCCC1. The lowest BCUT2D eigenvalue weighted by molar-refractivity contribution is -0.119. The zero-order valence-corrected chi connectivity index (χ0v) is 15.6. The summed E-state index contributed by atoms with van der Waals surface area (Å²) in [5.41, 5.74) is 1.05. The Morgan fingerprint density at radius 3 is 2.41 bits per heavy atom. The van der Waals surface area contributed by atoms with Gasteiger partial charge in [-0.15, -0.1) is 10.2 Å². The zero-order chi connectivity index (χ0) is 18.5. The lowest BCUT2D eigenvalue weighted by atomic mass is 9.95. The van der Waals surface area contributed by atoms with Crippen molar-refractivity contribution < 1.29 is 13.6 Å². The smallest absolute Gasteiger partial charge is 0.230 e. The molecule has 0 spiro atoms. The van der Waals surface area contributed by atoms with Gasteiger partial charge in [0.25, 0.3) is 0 Å². The van der Waals surface area contributed by atoms with Gasteiger partial charge in [0.1, 0.15) is 5.69 Å². The molecule has 1 amide bonds. The molecule has 0 aromatic carbocycles. The monoisotopic (exact) mass is 384 g/mol. The number of aromatic nitrogens is 3. The summed E-state index contributed by atoms with van der Waals surface area (Å²) >= 11 is 1.27. The fourth-order valence-corrected chi connectivity index (χ4v) is 3.78. The van der Waals surface area contributed by atoms with E-state index >= 15 is 0 Å². The van der Waals surface area contributed by atoms with Crippen LogP contribution in [0.1, 0.15) is 32.1 Å². The van der Waals surface area contributed by atoms with E-state index in [9.17, 15) is 4.79 Å². The third kappa shape index (κ3) is 4.39. The van der Waals surface area contributed by atoms with E-state index in [0.717, 1.165) is 12.8 Å². The number of hydrogen-bond acceptors (Lipinski definition) is 7. The maximum absolute atomic E-state index is 12.2. The summed E-state index contributed by atoms with van der Waals surface area (Å²) in [6.45, 7) is 0. The first-order valence-corrected chi connectivity index (χ1v) is 10.0. The van der Waals surface area contributed by atoms with Gasteiger partial charge in [-0.25, -0.2) is 4.98 Å². The van der Waals surface area contributed by atoms with Crippen molar-refractivity contribution in [2.45, 2.75) is 43.3 Å². The first kappa shape index (κ1) is 17.8. The van der Waals surface area contributed by atoms with Crippen molar-refractivity contribution in [3.05, 3.63) is 36.8 Å². The fourth-order valence-electron chi connectivity index (χ4n) is 3.18. The standard InChI is InChI=1S/C19H20N4O3S/c24-16(20-13-6-2-1-3-7-13)12-27-19-21-17(14-8-4-10-25-14)18(22-23-19)15-9-5-11-26-15/h4-5,8-11,13H,1-3,6-7,12H2,(H,20,24). The second kappa shape index (κ2) is 8.39. The van der Waals surface area contributed by atoms with Gasteiger partial charge in [-0.2, -0.15) is 0 Å². The molecule has 1 fully saturated rings. The molecule has 3 aromatic rings. The number of rotatable bonds is 6. The van der Waals surface area contributed by atoms with Crippen LogP contribution in [0.2, 0.25) is 0 Å². The molecule has 140 valence electrons. The molecule has 27 heavy (non-hydrogen) atoms. The summed E-state index contributed by atoms with van der Waals surface area (Å²) in [5.74, 6) is 1.40. The van der Waals surface area contributed by atoms with Gasteiger partial charge in [-0.1, -0.05) is 31.0 Å². The highest BCUT2D eigenvalue weighted by molar-refractivity contribution is 7.99. The number of furan rings is 2. The Kier molecular flexibility index (Phi) is 5.53. The Morgan fingerprint density at radius 2 is 1.74 bits per heavy atom. The van der Waals surface area contributed by atoms with Crippen LogP contribution >= 0.6 is 11.8 Å². The molecule has 0 bridgehead atoms. The summed E-state index contributed by atoms with van der Waals surface area (Å²) in [6, 6.07) is 7.46. The average molecular weight is 384 g/mol. The number of amides is 1. The number of carbonyl (C=O) groups is 1. The van der Waals surface area contributed by atoms with Crippen LogP contribution in [0.4, 0.5) is 0 Å². The molecule has 3 heterocycles. The summed E-state index contributed by atoms with van der Waals surface area (Å²) < 4.78 is 10.9. The Balaban J connectivity index is 1.47. The van der Waals surface area contributed by atoms with Crippen molar-refractivity contribution in [3.63, 3.8) is 0 Å². The number of thioether (sulfide) groups is 1. The highest BCUT2D eigenvalue weighted by Crippen LogP contribution is 2.30. The maximum Gasteiger partial charge on any atom is 0.230 e. The quantitative estimate of drug-likeness (QED) is 0.643. The molecule has 1 aliphatic carbocycles. The molecule has 1 saturated carbocycles. The van der Waals surface area contributed by atoms with E-state index in [1.54, 1.807) is 36.8 Å². The molecule has 0 unspecified atom stereocenters. The van der Waals surface area contributed by atoms with Gasteiger partial charge in [-0.3, -0.25) is 4.79 Å². The van der Waals surface area contributed by atoms with Crippen LogP contribution in [-0.4, -0.2) is 32.9 Å². The third-order valence-electron chi connectivity index (χ3n) is 4.48.